The molecule has 0 atom stereocenters. The monoisotopic (exact) mass is 326 g/mol. The molecular formula is C8H16Br2MgO2. The van der Waals surface area contributed by atoms with Gasteiger partial charge in [-0.05, 0) is 25.7 Å². The van der Waals surface area contributed by atoms with Crippen LogP contribution in [0.25, 0.3) is 0 Å². The van der Waals surface area contributed by atoms with E-state index in [-0.39, 0.29) is 57.0 Å². The van der Waals surface area contributed by atoms with E-state index >= 15 is 0 Å². The predicted octanol–water partition coefficient (Wildman–Crippen LogP) is -4.78. The van der Waals surface area contributed by atoms with Crippen LogP contribution in [-0.4, -0.2) is 49.5 Å². The van der Waals surface area contributed by atoms with E-state index in [2.05, 4.69) is 0 Å². The Morgan fingerprint density at radius 1 is 0.538 bits per heavy atom. The maximum atomic E-state index is 4.94. The van der Waals surface area contributed by atoms with Gasteiger partial charge in [0.1, 0.15) is 0 Å². The quantitative estimate of drug-likeness (QED) is 0.416. The first-order valence-corrected chi connectivity index (χ1v) is 4.15. The van der Waals surface area contributed by atoms with E-state index in [0.29, 0.717) is 0 Å². The molecule has 0 unspecified atom stereocenters. The number of hydrogen-bond acceptors (Lipinski definition) is 2. The van der Waals surface area contributed by atoms with Crippen molar-refractivity contribution < 1.29 is 43.4 Å². The summed E-state index contributed by atoms with van der Waals surface area (Å²) in [7, 11) is 0. The molecule has 2 rings (SSSR count). The van der Waals surface area contributed by atoms with Gasteiger partial charge < -0.3 is 43.4 Å². The summed E-state index contributed by atoms with van der Waals surface area (Å²) in [6, 6.07) is 0. The van der Waals surface area contributed by atoms with E-state index in [9.17, 15) is 0 Å². The Hall–Kier alpha value is 1.65. The molecule has 0 N–H and O–H groups in total. The standard InChI is InChI=1S/2C4H8O.2BrH.Mg/c2*1-2-4-5-3-1;;;/h2*1-4H2;2*1H;/q;;;;+2/p-2. The van der Waals surface area contributed by atoms with Crippen LogP contribution in [0.1, 0.15) is 25.7 Å². The summed E-state index contributed by atoms with van der Waals surface area (Å²) in [6.45, 7) is 4.00. The first kappa shape index (κ1) is 20.1. The zero-order valence-corrected chi connectivity index (χ0v) is 12.5. The van der Waals surface area contributed by atoms with Gasteiger partial charge in [-0.25, -0.2) is 0 Å². The van der Waals surface area contributed by atoms with Crippen LogP contribution in [-0.2, 0) is 9.47 Å². The van der Waals surface area contributed by atoms with Gasteiger partial charge in [0.2, 0.25) is 0 Å². The third-order valence-electron chi connectivity index (χ3n) is 1.65. The van der Waals surface area contributed by atoms with Gasteiger partial charge in [0.05, 0.1) is 0 Å². The van der Waals surface area contributed by atoms with Gasteiger partial charge >= 0.3 is 23.1 Å². The number of ether oxygens (including phenoxy) is 2. The summed E-state index contributed by atoms with van der Waals surface area (Å²) in [5.41, 5.74) is 0. The Morgan fingerprint density at radius 2 is 0.769 bits per heavy atom. The summed E-state index contributed by atoms with van der Waals surface area (Å²) in [5.74, 6) is 0. The summed E-state index contributed by atoms with van der Waals surface area (Å²) in [4.78, 5) is 0. The van der Waals surface area contributed by atoms with Gasteiger partial charge in [-0.3, -0.25) is 0 Å². The maximum Gasteiger partial charge on any atom is 2.00 e. The minimum atomic E-state index is 0. The van der Waals surface area contributed by atoms with Crippen molar-refractivity contribution in [3.8, 4) is 0 Å². The van der Waals surface area contributed by atoms with E-state index in [0.717, 1.165) is 26.4 Å². The van der Waals surface area contributed by atoms with Crippen molar-refractivity contribution in [2.24, 2.45) is 0 Å². The third-order valence-corrected chi connectivity index (χ3v) is 1.65. The molecule has 2 heterocycles. The number of rotatable bonds is 0. The molecule has 0 aliphatic carbocycles. The molecule has 76 valence electrons. The fraction of sp³-hybridized carbons (Fsp3) is 1.00. The van der Waals surface area contributed by atoms with Crippen molar-refractivity contribution >= 4 is 23.1 Å². The summed E-state index contributed by atoms with van der Waals surface area (Å²) in [6.07, 6.45) is 5.11. The molecule has 2 aliphatic heterocycles. The second-order valence-electron chi connectivity index (χ2n) is 2.64. The second kappa shape index (κ2) is 16.1. The van der Waals surface area contributed by atoms with Gasteiger partial charge in [0, 0.05) is 26.4 Å². The minimum Gasteiger partial charge on any atom is -1.00 e. The zero-order valence-electron chi connectivity index (χ0n) is 7.94. The third kappa shape index (κ3) is 13.6. The van der Waals surface area contributed by atoms with Crippen LogP contribution in [0.2, 0.25) is 0 Å². The molecule has 0 spiro atoms. The summed E-state index contributed by atoms with van der Waals surface area (Å²) < 4.78 is 9.89. The van der Waals surface area contributed by atoms with Crippen LogP contribution >= 0.6 is 0 Å². The van der Waals surface area contributed by atoms with E-state index in [1.807, 2.05) is 0 Å². The molecule has 2 aliphatic rings. The van der Waals surface area contributed by atoms with Gasteiger partial charge in [0.25, 0.3) is 0 Å². The molecule has 2 saturated heterocycles. The molecule has 0 radical (unpaired) electrons. The van der Waals surface area contributed by atoms with Crippen LogP contribution in [0.3, 0.4) is 0 Å². The summed E-state index contributed by atoms with van der Waals surface area (Å²) in [5, 5.41) is 0. The maximum absolute atomic E-state index is 4.94. The van der Waals surface area contributed by atoms with Crippen LogP contribution in [0.5, 0.6) is 0 Å². The Kier molecular flexibility index (Phi) is 24.9. The fourth-order valence-corrected chi connectivity index (χ4v) is 1.02. The van der Waals surface area contributed by atoms with Crippen molar-refractivity contribution in [2.45, 2.75) is 25.7 Å². The predicted molar refractivity (Wildman–Crippen MR) is 45.9 cm³/mol. The van der Waals surface area contributed by atoms with Crippen LogP contribution < -0.4 is 34.0 Å². The first-order valence-electron chi connectivity index (χ1n) is 4.15. The number of hydrogen-bond donors (Lipinski definition) is 0. The molecular weight excluding hydrogens is 312 g/mol. The van der Waals surface area contributed by atoms with Crippen molar-refractivity contribution in [3.63, 3.8) is 0 Å². The van der Waals surface area contributed by atoms with Crippen LogP contribution in [0, 0.1) is 0 Å². The van der Waals surface area contributed by atoms with Crippen LogP contribution in [0.4, 0.5) is 0 Å². The molecule has 0 aromatic heterocycles. The van der Waals surface area contributed by atoms with Crippen LogP contribution in [0.15, 0.2) is 0 Å². The van der Waals surface area contributed by atoms with E-state index in [1.165, 1.54) is 25.7 Å². The first-order chi connectivity index (χ1) is 5.00. The van der Waals surface area contributed by atoms with Gasteiger partial charge in [-0.15, -0.1) is 0 Å². The second-order valence-corrected chi connectivity index (χ2v) is 2.64. The Bertz CT molecular complexity index is 53.3. The normalized spacial score (nSPS) is 18.5. The van der Waals surface area contributed by atoms with Crippen molar-refractivity contribution in [3.05, 3.63) is 0 Å². The largest absolute Gasteiger partial charge is 2.00 e. The van der Waals surface area contributed by atoms with Crippen molar-refractivity contribution in [1.82, 2.24) is 0 Å². The molecule has 5 heteroatoms. The van der Waals surface area contributed by atoms with Crippen molar-refractivity contribution in [1.29, 1.82) is 0 Å². The Labute approximate surface area is 118 Å². The average molecular weight is 328 g/mol. The Balaban J connectivity index is -0.000000125. The minimum absolute atomic E-state index is 0. The molecule has 0 bridgehead atoms. The summed E-state index contributed by atoms with van der Waals surface area (Å²) >= 11 is 0. The van der Waals surface area contributed by atoms with Gasteiger partial charge in [0.15, 0.2) is 0 Å². The van der Waals surface area contributed by atoms with E-state index < -0.39 is 0 Å². The van der Waals surface area contributed by atoms with Gasteiger partial charge in [-0.2, -0.15) is 0 Å². The molecule has 0 aromatic rings. The van der Waals surface area contributed by atoms with Crippen molar-refractivity contribution in [2.75, 3.05) is 26.4 Å². The average Bonchev–Trinajstić information content (AvgIpc) is 2.67. The van der Waals surface area contributed by atoms with E-state index in [4.69, 9.17) is 9.47 Å². The molecule has 0 amide bonds. The molecule has 13 heavy (non-hydrogen) atoms. The Morgan fingerprint density at radius 3 is 0.846 bits per heavy atom. The topological polar surface area (TPSA) is 18.5 Å². The molecule has 2 fully saturated rings. The van der Waals surface area contributed by atoms with E-state index in [1.54, 1.807) is 0 Å². The molecule has 0 aromatic carbocycles. The zero-order chi connectivity index (χ0) is 7.07. The fourth-order valence-electron chi connectivity index (χ4n) is 1.02. The smallest absolute Gasteiger partial charge is 1.00 e. The van der Waals surface area contributed by atoms with Gasteiger partial charge in [-0.1, -0.05) is 0 Å². The molecule has 0 saturated carbocycles. The molecule has 2 nitrogen and oxygen atoms in total. The SMILES string of the molecule is C1CCOC1.C1CCOC1.[Br-].[Br-].[Mg+2]. The number of halogens is 2.